The zero-order chi connectivity index (χ0) is 23.2. The van der Waals surface area contributed by atoms with Crippen molar-refractivity contribution in [3.63, 3.8) is 0 Å². The summed E-state index contributed by atoms with van der Waals surface area (Å²) in [5, 5.41) is 22.5. The molecule has 2 saturated carbocycles. The number of aromatic amines is 1. The van der Waals surface area contributed by atoms with E-state index in [1.54, 1.807) is 25.4 Å². The summed E-state index contributed by atoms with van der Waals surface area (Å²) >= 11 is 0. The summed E-state index contributed by atoms with van der Waals surface area (Å²) in [5.41, 5.74) is 1.56. The number of pyridine rings is 1. The second kappa shape index (κ2) is 10.7. The molecule has 2 atom stereocenters. The van der Waals surface area contributed by atoms with Gasteiger partial charge in [0.05, 0.1) is 25.8 Å². The van der Waals surface area contributed by atoms with Gasteiger partial charge in [0.25, 0.3) is 0 Å². The molecule has 0 saturated heterocycles. The number of aliphatic hydroxyl groups is 1. The number of carbonyl (C=O) groups is 2. The molecule has 2 aliphatic rings. The number of methoxy groups -OCH3 is 1. The van der Waals surface area contributed by atoms with Crippen LogP contribution < -0.4 is 15.4 Å². The number of ether oxygens (including phenoxy) is 2. The third kappa shape index (κ3) is 6.44. The molecular formula is C23H31N5O5. The summed E-state index contributed by atoms with van der Waals surface area (Å²) in [4.78, 5) is 28.7. The summed E-state index contributed by atoms with van der Waals surface area (Å²) < 4.78 is 10.7. The Kier molecular flexibility index (Phi) is 7.43. The maximum atomic E-state index is 12.3. The fourth-order valence-corrected chi connectivity index (χ4v) is 4.50. The highest BCUT2D eigenvalue weighted by Crippen LogP contribution is 2.36. The van der Waals surface area contributed by atoms with E-state index in [1.807, 2.05) is 6.07 Å². The van der Waals surface area contributed by atoms with Gasteiger partial charge in [-0.05, 0) is 57.1 Å². The molecule has 4 N–H and O–H groups in total. The topological polar surface area (TPSA) is 138 Å². The smallest absolute Gasteiger partial charge is 0.407 e. The molecule has 0 aromatic carbocycles. The summed E-state index contributed by atoms with van der Waals surface area (Å²) in [6, 6.07) is 5.42. The molecule has 2 fully saturated rings. The van der Waals surface area contributed by atoms with Crippen LogP contribution in [0.1, 0.15) is 62.3 Å². The lowest BCUT2D eigenvalue weighted by Crippen LogP contribution is -2.40. The first-order valence-corrected chi connectivity index (χ1v) is 11.5. The van der Waals surface area contributed by atoms with Gasteiger partial charge in [-0.3, -0.25) is 14.9 Å². The Morgan fingerprint density at radius 1 is 1.18 bits per heavy atom. The van der Waals surface area contributed by atoms with Crippen LogP contribution in [0.5, 0.6) is 5.75 Å². The van der Waals surface area contributed by atoms with Crippen molar-refractivity contribution in [3.8, 4) is 5.75 Å². The predicted octanol–water partition coefficient (Wildman–Crippen LogP) is 2.66. The van der Waals surface area contributed by atoms with E-state index in [0.717, 1.165) is 31.4 Å². The van der Waals surface area contributed by atoms with Gasteiger partial charge in [-0.2, -0.15) is 5.10 Å². The van der Waals surface area contributed by atoms with Crippen LogP contribution in [-0.4, -0.2) is 57.6 Å². The second-order valence-corrected chi connectivity index (χ2v) is 8.81. The highest BCUT2D eigenvalue weighted by molar-refractivity contribution is 5.91. The molecule has 178 valence electrons. The van der Waals surface area contributed by atoms with Crippen LogP contribution in [0.4, 0.5) is 10.6 Å². The molecule has 0 aliphatic heterocycles. The minimum absolute atomic E-state index is 0.0741. The fourth-order valence-electron chi connectivity index (χ4n) is 4.50. The number of alkyl carbamates (subject to hydrolysis) is 1. The van der Waals surface area contributed by atoms with E-state index in [2.05, 4.69) is 25.8 Å². The predicted molar refractivity (Wildman–Crippen MR) is 120 cm³/mol. The number of hydrogen-bond donors (Lipinski definition) is 4. The molecule has 2 aromatic rings. The zero-order valence-corrected chi connectivity index (χ0v) is 18.8. The number of aromatic nitrogens is 3. The number of hydrogen-bond acceptors (Lipinski definition) is 7. The molecular weight excluding hydrogens is 426 g/mol. The Morgan fingerprint density at radius 3 is 2.73 bits per heavy atom. The molecule has 0 bridgehead atoms. The molecule has 2 heterocycles. The molecule has 2 amide bonds. The van der Waals surface area contributed by atoms with Crippen LogP contribution in [0.2, 0.25) is 0 Å². The highest BCUT2D eigenvalue weighted by Gasteiger charge is 2.31. The number of rotatable bonds is 7. The van der Waals surface area contributed by atoms with Crippen LogP contribution in [0.3, 0.4) is 0 Å². The molecule has 4 rings (SSSR count). The molecule has 10 heteroatoms. The minimum atomic E-state index is -0.383. The van der Waals surface area contributed by atoms with Gasteiger partial charge in [0.1, 0.15) is 11.9 Å². The number of aliphatic hydroxyl groups excluding tert-OH is 1. The third-order valence-electron chi connectivity index (χ3n) is 6.36. The summed E-state index contributed by atoms with van der Waals surface area (Å²) in [5.74, 6) is 1.09. The normalized spacial score (nSPS) is 24.8. The van der Waals surface area contributed by atoms with Crippen molar-refractivity contribution < 1.29 is 24.2 Å². The SMILES string of the molecule is COc1ccc(CC(=O)Nc2cc([C@@H]3CC[C@H](OC(=O)NC4CCC(O)CC4)C3)[nH]n2)nc1. The third-order valence-corrected chi connectivity index (χ3v) is 6.36. The lowest BCUT2D eigenvalue weighted by atomic mass is 9.93. The van der Waals surface area contributed by atoms with Crippen molar-refractivity contribution in [1.29, 1.82) is 0 Å². The average molecular weight is 458 g/mol. The Labute approximate surface area is 192 Å². The molecule has 2 aliphatic carbocycles. The second-order valence-electron chi connectivity index (χ2n) is 8.81. The molecule has 33 heavy (non-hydrogen) atoms. The van der Waals surface area contributed by atoms with Crippen molar-refractivity contribution in [2.75, 3.05) is 12.4 Å². The summed E-state index contributed by atoms with van der Waals surface area (Å²) in [7, 11) is 1.57. The minimum Gasteiger partial charge on any atom is -0.495 e. The quantitative estimate of drug-likeness (QED) is 0.501. The maximum Gasteiger partial charge on any atom is 0.407 e. The standard InChI is InChI=1S/C23H31N5O5/c1-32-19-9-5-16(24-13-19)11-22(30)26-21-12-20(27-28-21)14-2-8-18(10-14)33-23(31)25-15-3-6-17(29)7-4-15/h5,9,12-15,17-18,29H,2-4,6-8,10-11H2,1H3,(H,25,31)(H2,26,27,28,30)/t14-,15?,17?,18+/m1/s1. The van der Waals surface area contributed by atoms with E-state index < -0.39 is 0 Å². The number of anilines is 1. The number of nitrogens with zero attached hydrogens (tertiary/aromatic N) is 2. The number of H-pyrrole nitrogens is 1. The van der Waals surface area contributed by atoms with Crippen LogP contribution in [0.15, 0.2) is 24.4 Å². The van der Waals surface area contributed by atoms with Gasteiger partial charge in [0.2, 0.25) is 5.91 Å². The average Bonchev–Trinajstić information content (AvgIpc) is 3.45. The molecule has 0 spiro atoms. The van der Waals surface area contributed by atoms with Crippen LogP contribution in [0, 0.1) is 0 Å². The van der Waals surface area contributed by atoms with Crippen LogP contribution in [-0.2, 0) is 16.0 Å². The first-order chi connectivity index (χ1) is 16.0. The Balaban J connectivity index is 1.21. The first-order valence-electron chi connectivity index (χ1n) is 11.5. The van der Waals surface area contributed by atoms with Gasteiger partial charge in [-0.1, -0.05) is 0 Å². The van der Waals surface area contributed by atoms with E-state index in [-0.39, 0.29) is 42.6 Å². The maximum absolute atomic E-state index is 12.3. The summed E-state index contributed by atoms with van der Waals surface area (Å²) in [6.07, 6.45) is 6.29. The van der Waals surface area contributed by atoms with Gasteiger partial charge in [0, 0.05) is 29.4 Å². The van der Waals surface area contributed by atoms with Crippen molar-refractivity contribution in [3.05, 3.63) is 35.8 Å². The van der Waals surface area contributed by atoms with Crippen molar-refractivity contribution in [2.45, 2.75) is 75.5 Å². The lowest BCUT2D eigenvalue weighted by molar-refractivity contribution is -0.115. The lowest BCUT2D eigenvalue weighted by Gasteiger charge is -2.26. The van der Waals surface area contributed by atoms with E-state index in [0.29, 0.717) is 36.5 Å². The Morgan fingerprint density at radius 2 is 2.00 bits per heavy atom. The van der Waals surface area contributed by atoms with Crippen molar-refractivity contribution in [2.24, 2.45) is 0 Å². The fraction of sp³-hybridized carbons (Fsp3) is 0.565. The van der Waals surface area contributed by atoms with E-state index in [4.69, 9.17) is 9.47 Å². The van der Waals surface area contributed by atoms with Gasteiger partial charge >= 0.3 is 6.09 Å². The Bertz CT molecular complexity index is 939. The first kappa shape index (κ1) is 23.0. The molecule has 10 nitrogen and oxygen atoms in total. The highest BCUT2D eigenvalue weighted by atomic mass is 16.6. The van der Waals surface area contributed by atoms with E-state index in [1.165, 1.54) is 0 Å². The zero-order valence-electron chi connectivity index (χ0n) is 18.8. The summed E-state index contributed by atoms with van der Waals surface area (Å²) in [6.45, 7) is 0. The largest absolute Gasteiger partial charge is 0.495 e. The molecule has 2 aromatic heterocycles. The number of amides is 2. The van der Waals surface area contributed by atoms with E-state index >= 15 is 0 Å². The van der Waals surface area contributed by atoms with Gasteiger partial charge in [0.15, 0.2) is 5.82 Å². The van der Waals surface area contributed by atoms with Gasteiger partial charge in [-0.25, -0.2) is 4.79 Å². The number of nitrogens with one attached hydrogen (secondary N) is 3. The Hall–Kier alpha value is -3.14. The van der Waals surface area contributed by atoms with Gasteiger partial charge in [-0.15, -0.1) is 0 Å². The van der Waals surface area contributed by atoms with Crippen LogP contribution in [0.25, 0.3) is 0 Å². The van der Waals surface area contributed by atoms with Crippen LogP contribution >= 0.6 is 0 Å². The molecule has 0 unspecified atom stereocenters. The van der Waals surface area contributed by atoms with Crippen molar-refractivity contribution >= 4 is 17.8 Å². The van der Waals surface area contributed by atoms with E-state index in [9.17, 15) is 14.7 Å². The van der Waals surface area contributed by atoms with Crippen molar-refractivity contribution in [1.82, 2.24) is 20.5 Å². The monoisotopic (exact) mass is 457 g/mol. The van der Waals surface area contributed by atoms with Gasteiger partial charge < -0.3 is 25.2 Å². The number of carbonyl (C=O) groups excluding carboxylic acids is 2. The molecule has 0 radical (unpaired) electrons.